The van der Waals surface area contributed by atoms with Crippen LogP contribution in [0.3, 0.4) is 0 Å². The highest BCUT2D eigenvalue weighted by atomic mass is 32.2. The fourth-order valence-corrected chi connectivity index (χ4v) is 5.95. The molecule has 0 radical (unpaired) electrons. The van der Waals surface area contributed by atoms with E-state index in [1.54, 1.807) is 17.5 Å². The summed E-state index contributed by atoms with van der Waals surface area (Å²) in [6.45, 7) is 0.00464. The van der Waals surface area contributed by atoms with Gasteiger partial charge in [0.05, 0.1) is 4.91 Å². The van der Waals surface area contributed by atoms with Gasteiger partial charge in [-0.15, -0.1) is 22.7 Å². The highest BCUT2D eigenvalue weighted by Gasteiger charge is 2.32. The van der Waals surface area contributed by atoms with Crippen LogP contribution in [0.4, 0.5) is 13.9 Å². The normalized spacial score (nSPS) is 14.5. The average molecular weight is 566 g/mol. The number of thiazole rings is 1. The van der Waals surface area contributed by atoms with Crippen LogP contribution in [0.25, 0.3) is 17.2 Å². The molecular weight excluding hydrogens is 553 g/mol. The number of amides is 2. The van der Waals surface area contributed by atoms with Gasteiger partial charge in [0.1, 0.15) is 10.0 Å². The lowest BCUT2D eigenvalue weighted by atomic mass is 10.1. The Balaban J connectivity index is 1.36. The molecule has 1 saturated heterocycles. The van der Waals surface area contributed by atoms with Crippen LogP contribution in [-0.2, 0) is 14.4 Å². The first-order valence-electron chi connectivity index (χ1n) is 9.94. The van der Waals surface area contributed by atoms with Crippen molar-refractivity contribution in [2.24, 2.45) is 0 Å². The molecule has 8 nitrogen and oxygen atoms in total. The molecule has 3 aromatic rings. The van der Waals surface area contributed by atoms with Gasteiger partial charge in [-0.1, -0.05) is 30.0 Å². The van der Waals surface area contributed by atoms with E-state index in [-0.39, 0.29) is 34.0 Å². The van der Waals surface area contributed by atoms with E-state index in [0.29, 0.717) is 20.9 Å². The number of thiocarbonyl (C=S) groups is 1. The van der Waals surface area contributed by atoms with Crippen LogP contribution < -0.4 is 5.32 Å². The van der Waals surface area contributed by atoms with Crippen LogP contribution in [0.1, 0.15) is 21.8 Å². The monoisotopic (exact) mass is 565 g/mol. The number of carbonyl (C=O) groups excluding carboxylic acids is 3. The zero-order chi connectivity index (χ0) is 26.0. The van der Waals surface area contributed by atoms with Gasteiger partial charge in [0.2, 0.25) is 5.91 Å². The number of thioether (sulfide) groups is 1. The molecule has 4 rings (SSSR count). The molecule has 1 aliphatic rings. The summed E-state index contributed by atoms with van der Waals surface area (Å²) in [5.74, 6) is -5.58. The molecule has 0 unspecified atom stereocenters. The smallest absolute Gasteiger partial charge is 0.378 e. The second-order valence-corrected chi connectivity index (χ2v) is 10.6. The SMILES string of the molecule is O=C(CCN1C(=O)C(=Cc2cc(-c3ccc(F)c(F)c3)cs2)SC1=S)Nc1nc(C(=O)C(=O)O)cs1. The van der Waals surface area contributed by atoms with Crippen molar-refractivity contribution in [1.29, 1.82) is 0 Å². The summed E-state index contributed by atoms with van der Waals surface area (Å²) >= 11 is 8.58. The van der Waals surface area contributed by atoms with Gasteiger partial charge in [0.15, 0.2) is 16.8 Å². The Labute approximate surface area is 219 Å². The summed E-state index contributed by atoms with van der Waals surface area (Å²) in [5.41, 5.74) is 0.891. The molecule has 36 heavy (non-hydrogen) atoms. The number of carboxylic acids is 1. The van der Waals surface area contributed by atoms with Gasteiger partial charge in [-0.25, -0.2) is 18.6 Å². The lowest BCUT2D eigenvalue weighted by Crippen LogP contribution is -2.31. The highest BCUT2D eigenvalue weighted by molar-refractivity contribution is 8.26. The molecule has 1 fully saturated rings. The van der Waals surface area contributed by atoms with Crippen molar-refractivity contribution in [2.45, 2.75) is 6.42 Å². The van der Waals surface area contributed by atoms with Crippen LogP contribution >= 0.6 is 46.7 Å². The van der Waals surface area contributed by atoms with E-state index < -0.39 is 29.3 Å². The van der Waals surface area contributed by atoms with Gasteiger partial charge < -0.3 is 10.4 Å². The Bertz CT molecular complexity index is 1450. The fraction of sp³-hybridized carbons (Fsp3) is 0.0909. The zero-order valence-corrected chi connectivity index (χ0v) is 21.1. The molecule has 3 heterocycles. The first-order valence-corrected chi connectivity index (χ1v) is 12.9. The van der Waals surface area contributed by atoms with Gasteiger partial charge in [-0.3, -0.25) is 19.3 Å². The number of halogens is 2. The fourth-order valence-electron chi connectivity index (χ4n) is 3.02. The number of carbonyl (C=O) groups is 4. The van der Waals surface area contributed by atoms with Gasteiger partial charge in [0.25, 0.3) is 11.7 Å². The molecule has 2 amide bonds. The van der Waals surface area contributed by atoms with Crippen LogP contribution in [0.5, 0.6) is 0 Å². The Kier molecular flexibility index (Phi) is 7.68. The maximum Gasteiger partial charge on any atom is 0.378 e. The molecule has 2 N–H and O–H groups in total. The largest absolute Gasteiger partial charge is 0.475 e. The molecular formula is C22H13F2N3O5S4. The van der Waals surface area contributed by atoms with Gasteiger partial charge in [-0.05, 0) is 40.8 Å². The van der Waals surface area contributed by atoms with E-state index in [4.69, 9.17) is 17.3 Å². The minimum Gasteiger partial charge on any atom is -0.475 e. The number of thiophene rings is 1. The summed E-state index contributed by atoms with van der Waals surface area (Å²) in [4.78, 5) is 53.3. The number of hydrogen-bond donors (Lipinski definition) is 2. The molecule has 1 aliphatic heterocycles. The average Bonchev–Trinajstić information content (AvgIpc) is 3.55. The number of Topliss-reactive ketones (excluding diaryl/α,β-unsaturated/α-hetero) is 1. The Morgan fingerprint density at radius 1 is 1.11 bits per heavy atom. The summed E-state index contributed by atoms with van der Waals surface area (Å²) in [6.07, 6.45) is 1.53. The number of anilines is 1. The summed E-state index contributed by atoms with van der Waals surface area (Å²) in [5, 5.41) is 14.2. The minimum atomic E-state index is -1.65. The maximum absolute atomic E-state index is 13.5. The molecule has 0 atom stereocenters. The van der Waals surface area contributed by atoms with Crippen molar-refractivity contribution >= 4 is 85.7 Å². The summed E-state index contributed by atoms with van der Waals surface area (Å²) in [6, 6.07) is 5.36. The van der Waals surface area contributed by atoms with Crippen LogP contribution in [0, 0.1) is 11.6 Å². The molecule has 0 aliphatic carbocycles. The molecule has 14 heteroatoms. The van der Waals surface area contributed by atoms with Crippen molar-refractivity contribution in [3.05, 3.63) is 62.1 Å². The number of hydrogen-bond acceptors (Lipinski definition) is 9. The number of aliphatic carboxylic acids is 1. The number of ketones is 1. The number of nitrogens with zero attached hydrogens (tertiary/aromatic N) is 2. The van der Waals surface area contributed by atoms with Gasteiger partial charge >= 0.3 is 5.97 Å². The number of nitrogens with one attached hydrogen (secondary N) is 1. The minimum absolute atomic E-state index is 0.00464. The third kappa shape index (κ3) is 5.73. The third-order valence-corrected chi connectivity index (χ3v) is 7.77. The number of rotatable bonds is 8. The quantitative estimate of drug-likeness (QED) is 0.176. The van der Waals surface area contributed by atoms with Gasteiger partial charge in [0, 0.05) is 23.2 Å². The van der Waals surface area contributed by atoms with Crippen LogP contribution in [0.15, 0.2) is 39.9 Å². The molecule has 1 aromatic carbocycles. The topological polar surface area (TPSA) is 117 Å². The van der Waals surface area contributed by atoms with E-state index in [1.165, 1.54) is 27.7 Å². The Morgan fingerprint density at radius 3 is 2.61 bits per heavy atom. The second kappa shape index (κ2) is 10.7. The zero-order valence-electron chi connectivity index (χ0n) is 17.8. The lowest BCUT2D eigenvalue weighted by molar-refractivity contribution is -0.132. The number of carboxylic acid groups (broad SMARTS) is 1. The molecule has 0 spiro atoms. The predicted molar refractivity (Wildman–Crippen MR) is 137 cm³/mol. The maximum atomic E-state index is 13.5. The lowest BCUT2D eigenvalue weighted by Gasteiger charge is -2.13. The Hall–Kier alpha value is -3.33. The van der Waals surface area contributed by atoms with Gasteiger partial charge in [-0.2, -0.15) is 0 Å². The Morgan fingerprint density at radius 2 is 1.89 bits per heavy atom. The standard InChI is InChI=1S/C22H13F2N3O5S4/c23-13-2-1-10(6-14(13)24)11-5-12(34-8-11)7-16-19(30)27(22(33)36-16)4-3-17(28)26-21-25-15(9-35-21)18(29)20(31)32/h1-2,5-9H,3-4H2,(H,31,32)(H,25,26,28). The molecule has 2 aromatic heterocycles. The third-order valence-electron chi connectivity index (χ3n) is 4.76. The van der Waals surface area contributed by atoms with Crippen LogP contribution in [0.2, 0.25) is 0 Å². The summed E-state index contributed by atoms with van der Waals surface area (Å²) < 4.78 is 27.0. The molecule has 0 bridgehead atoms. The van der Waals surface area contributed by atoms with Crippen molar-refractivity contribution < 1.29 is 33.1 Å². The number of benzene rings is 1. The first-order chi connectivity index (χ1) is 17.1. The number of aromatic nitrogens is 1. The van der Waals surface area contributed by atoms with E-state index in [9.17, 15) is 28.0 Å². The van der Waals surface area contributed by atoms with E-state index >= 15 is 0 Å². The summed E-state index contributed by atoms with van der Waals surface area (Å²) in [7, 11) is 0. The predicted octanol–water partition coefficient (Wildman–Crippen LogP) is 4.65. The van der Waals surface area contributed by atoms with Crippen LogP contribution in [-0.4, -0.2) is 49.4 Å². The van der Waals surface area contributed by atoms with Crippen molar-refractivity contribution in [3.63, 3.8) is 0 Å². The molecule has 184 valence electrons. The van der Waals surface area contributed by atoms with Crippen molar-refractivity contribution in [2.75, 3.05) is 11.9 Å². The highest BCUT2D eigenvalue weighted by Crippen LogP contribution is 2.35. The van der Waals surface area contributed by atoms with E-state index in [2.05, 4.69) is 10.3 Å². The first kappa shape index (κ1) is 25.8. The van der Waals surface area contributed by atoms with Crippen molar-refractivity contribution in [1.82, 2.24) is 9.88 Å². The second-order valence-electron chi connectivity index (χ2n) is 7.17. The van der Waals surface area contributed by atoms with Crippen molar-refractivity contribution in [3.8, 4) is 11.1 Å². The van der Waals surface area contributed by atoms with E-state index in [0.717, 1.165) is 35.2 Å². The van der Waals surface area contributed by atoms with E-state index in [1.807, 2.05) is 0 Å². The molecule has 0 saturated carbocycles.